The summed E-state index contributed by atoms with van der Waals surface area (Å²) in [5, 5.41) is 2.19. The van der Waals surface area contributed by atoms with Gasteiger partial charge in [-0.05, 0) is 46.5 Å². The van der Waals surface area contributed by atoms with E-state index in [1.54, 1.807) is 12.1 Å². The molecule has 0 aromatic heterocycles. The molecule has 0 radical (unpaired) electrons. The van der Waals surface area contributed by atoms with Crippen LogP contribution in [0, 0.1) is 0 Å². The molecule has 3 aromatic carbocycles. The van der Waals surface area contributed by atoms with Crippen molar-refractivity contribution < 1.29 is 0 Å². The summed E-state index contributed by atoms with van der Waals surface area (Å²) in [4.78, 5) is 0. The van der Waals surface area contributed by atoms with Gasteiger partial charge in [0.2, 0.25) is 0 Å². The molecule has 0 fully saturated rings. The van der Waals surface area contributed by atoms with Gasteiger partial charge < -0.3 is 0 Å². The molecule has 0 heterocycles. The van der Waals surface area contributed by atoms with E-state index in [4.69, 9.17) is 46.4 Å². The second kappa shape index (κ2) is 8.79. The van der Waals surface area contributed by atoms with Crippen LogP contribution in [0.4, 0.5) is 0 Å². The molecule has 0 aliphatic heterocycles. The van der Waals surface area contributed by atoms with Gasteiger partial charge in [-0.15, -0.1) is 0 Å². The van der Waals surface area contributed by atoms with Crippen molar-refractivity contribution in [3.05, 3.63) is 103 Å². The van der Waals surface area contributed by atoms with Crippen LogP contribution in [0.3, 0.4) is 0 Å². The fraction of sp³-hybridized carbons (Fsp3) is 0. The average Bonchev–Trinajstić information content (AvgIpc) is 2.64. The van der Waals surface area contributed by atoms with Gasteiger partial charge in [-0.3, -0.25) is 0 Å². The Kier molecular flexibility index (Phi) is 6.45. The molecular weight excluding hydrogens is 406 g/mol. The molecule has 0 nitrogen and oxygen atoms in total. The highest BCUT2D eigenvalue weighted by Gasteiger charge is 2.00. The van der Waals surface area contributed by atoms with E-state index in [0.29, 0.717) is 20.1 Å². The van der Waals surface area contributed by atoms with Gasteiger partial charge in [0.25, 0.3) is 0 Å². The van der Waals surface area contributed by atoms with E-state index in [2.05, 4.69) is 12.1 Å². The minimum Gasteiger partial charge on any atom is -0.0827 e. The van der Waals surface area contributed by atoms with E-state index in [1.165, 1.54) is 0 Å². The SMILES string of the molecule is Clc1ccc(/C=C/c2ccccc2/C=C/c2ccc(Cl)c(Cl)c2)cc1Cl. The number of benzene rings is 3. The molecule has 0 spiro atoms. The Morgan fingerprint density at radius 1 is 0.462 bits per heavy atom. The Morgan fingerprint density at radius 3 is 1.27 bits per heavy atom. The molecule has 0 bridgehead atoms. The summed E-state index contributed by atoms with van der Waals surface area (Å²) in [7, 11) is 0. The van der Waals surface area contributed by atoms with Crippen molar-refractivity contribution in [2.24, 2.45) is 0 Å². The molecule has 0 amide bonds. The van der Waals surface area contributed by atoms with Crippen molar-refractivity contribution >= 4 is 70.7 Å². The third-order valence-electron chi connectivity index (χ3n) is 3.79. The van der Waals surface area contributed by atoms with Crippen molar-refractivity contribution in [3.8, 4) is 0 Å². The monoisotopic (exact) mass is 418 g/mol. The van der Waals surface area contributed by atoms with Crippen LogP contribution in [0.25, 0.3) is 24.3 Å². The number of hydrogen-bond donors (Lipinski definition) is 0. The quantitative estimate of drug-likeness (QED) is 0.371. The van der Waals surface area contributed by atoms with Gasteiger partial charge in [0, 0.05) is 0 Å². The first-order valence-corrected chi connectivity index (χ1v) is 9.39. The normalized spacial score (nSPS) is 11.5. The van der Waals surface area contributed by atoms with Crippen LogP contribution in [0.2, 0.25) is 20.1 Å². The molecule has 0 atom stereocenters. The molecule has 130 valence electrons. The molecule has 0 aliphatic rings. The maximum Gasteiger partial charge on any atom is 0.0598 e. The summed E-state index contributed by atoms with van der Waals surface area (Å²) in [5.74, 6) is 0. The molecule has 0 unspecified atom stereocenters. The van der Waals surface area contributed by atoms with E-state index < -0.39 is 0 Å². The van der Waals surface area contributed by atoms with Gasteiger partial charge in [0.15, 0.2) is 0 Å². The average molecular weight is 420 g/mol. The molecule has 0 aliphatic carbocycles. The summed E-state index contributed by atoms with van der Waals surface area (Å²) in [6.07, 6.45) is 8.12. The zero-order chi connectivity index (χ0) is 18.5. The summed E-state index contributed by atoms with van der Waals surface area (Å²) in [5.41, 5.74) is 4.16. The minimum absolute atomic E-state index is 0.543. The first-order valence-electron chi connectivity index (χ1n) is 7.88. The highest BCUT2D eigenvalue weighted by molar-refractivity contribution is 6.42. The molecule has 4 heteroatoms. The summed E-state index contributed by atoms with van der Waals surface area (Å²) in [6.45, 7) is 0. The zero-order valence-electron chi connectivity index (χ0n) is 13.6. The van der Waals surface area contributed by atoms with E-state index in [0.717, 1.165) is 22.3 Å². The van der Waals surface area contributed by atoms with Crippen molar-refractivity contribution in [1.82, 2.24) is 0 Å². The van der Waals surface area contributed by atoms with E-state index in [1.807, 2.05) is 60.7 Å². The van der Waals surface area contributed by atoms with Crippen molar-refractivity contribution in [2.45, 2.75) is 0 Å². The molecule has 26 heavy (non-hydrogen) atoms. The topological polar surface area (TPSA) is 0 Å². The van der Waals surface area contributed by atoms with Crippen LogP contribution in [-0.4, -0.2) is 0 Å². The minimum atomic E-state index is 0.543. The highest BCUT2D eigenvalue weighted by atomic mass is 35.5. The predicted molar refractivity (Wildman–Crippen MR) is 117 cm³/mol. The van der Waals surface area contributed by atoms with Crippen molar-refractivity contribution in [3.63, 3.8) is 0 Å². The molecule has 0 N–H and O–H groups in total. The first-order chi connectivity index (χ1) is 12.5. The Balaban J connectivity index is 1.85. The largest absolute Gasteiger partial charge is 0.0827 e. The number of hydrogen-bond acceptors (Lipinski definition) is 0. The summed E-state index contributed by atoms with van der Waals surface area (Å²) >= 11 is 24.1. The van der Waals surface area contributed by atoms with Crippen LogP contribution in [0.5, 0.6) is 0 Å². The lowest BCUT2D eigenvalue weighted by Crippen LogP contribution is -1.80. The molecule has 0 saturated heterocycles. The zero-order valence-corrected chi connectivity index (χ0v) is 16.6. The van der Waals surface area contributed by atoms with Gasteiger partial charge in [-0.2, -0.15) is 0 Å². The third-order valence-corrected chi connectivity index (χ3v) is 5.27. The fourth-order valence-electron chi connectivity index (χ4n) is 2.42. The number of halogens is 4. The van der Waals surface area contributed by atoms with Gasteiger partial charge in [-0.25, -0.2) is 0 Å². The lowest BCUT2D eigenvalue weighted by atomic mass is 10.0. The van der Waals surface area contributed by atoms with Crippen LogP contribution in [0.1, 0.15) is 22.3 Å². The second-order valence-corrected chi connectivity index (χ2v) is 7.27. The van der Waals surface area contributed by atoms with E-state index >= 15 is 0 Å². The Hall–Kier alpha value is -1.70. The van der Waals surface area contributed by atoms with Crippen LogP contribution >= 0.6 is 46.4 Å². The Labute approximate surface area is 173 Å². The van der Waals surface area contributed by atoms with Gasteiger partial charge in [0.1, 0.15) is 0 Å². The smallest absolute Gasteiger partial charge is 0.0598 e. The number of rotatable bonds is 4. The maximum atomic E-state index is 6.07. The molecule has 3 rings (SSSR count). The van der Waals surface area contributed by atoms with Crippen LogP contribution < -0.4 is 0 Å². The standard InChI is InChI=1S/C22H14Cl4/c23-19-11-7-15(13-21(19)25)5-9-17-3-1-2-4-18(17)10-6-16-8-12-20(24)22(26)14-16/h1-14H/b9-5+,10-6+. The summed E-state index contributed by atoms with van der Waals surface area (Å²) in [6, 6.07) is 19.3. The highest BCUT2D eigenvalue weighted by Crippen LogP contribution is 2.25. The van der Waals surface area contributed by atoms with E-state index in [-0.39, 0.29) is 0 Å². The predicted octanol–water partition coefficient (Wildman–Crippen LogP) is 8.64. The maximum absolute atomic E-state index is 6.07. The van der Waals surface area contributed by atoms with Gasteiger partial charge in [0.05, 0.1) is 20.1 Å². The molecule has 3 aromatic rings. The van der Waals surface area contributed by atoms with Crippen LogP contribution in [-0.2, 0) is 0 Å². The van der Waals surface area contributed by atoms with Crippen LogP contribution in [0.15, 0.2) is 60.7 Å². The lowest BCUT2D eigenvalue weighted by molar-refractivity contribution is 1.60. The second-order valence-electron chi connectivity index (χ2n) is 5.64. The van der Waals surface area contributed by atoms with Crippen molar-refractivity contribution in [1.29, 1.82) is 0 Å². The first kappa shape index (κ1) is 19.1. The molecule has 0 saturated carbocycles. The molecular formula is C22H14Cl4. The summed E-state index contributed by atoms with van der Waals surface area (Å²) < 4.78 is 0. The van der Waals surface area contributed by atoms with Crippen molar-refractivity contribution in [2.75, 3.05) is 0 Å². The fourth-order valence-corrected chi connectivity index (χ4v) is 3.03. The third kappa shape index (κ3) is 4.93. The van der Waals surface area contributed by atoms with Gasteiger partial charge in [-0.1, -0.05) is 107 Å². The Bertz CT molecular complexity index is 907. The lowest BCUT2D eigenvalue weighted by Gasteiger charge is -2.02. The van der Waals surface area contributed by atoms with E-state index in [9.17, 15) is 0 Å². The van der Waals surface area contributed by atoms with Gasteiger partial charge >= 0.3 is 0 Å². The Morgan fingerprint density at radius 2 is 0.885 bits per heavy atom.